The van der Waals surface area contributed by atoms with Gasteiger partial charge in [-0.3, -0.25) is 0 Å². The number of nitrogens with one attached hydrogen (secondary N) is 1. The van der Waals surface area contributed by atoms with Gasteiger partial charge in [0.05, 0.1) is 0 Å². The number of hydrogen-bond acceptors (Lipinski definition) is 7. The van der Waals surface area contributed by atoms with Crippen molar-refractivity contribution in [2.75, 3.05) is 11.9 Å². The molecule has 0 bridgehead atoms. The van der Waals surface area contributed by atoms with Gasteiger partial charge in [0.1, 0.15) is 16.7 Å². The maximum atomic E-state index is 4.63. The van der Waals surface area contributed by atoms with Gasteiger partial charge in [-0.05, 0) is 36.0 Å². The molecule has 1 N–H and O–H groups in total. The zero-order valence-corrected chi connectivity index (χ0v) is 13.2. The predicted octanol–water partition coefficient (Wildman–Crippen LogP) is 2.01. The number of rotatable bonds is 5. The number of hydrogen-bond donors (Lipinski definition) is 1. The molecule has 0 fully saturated rings. The summed E-state index contributed by atoms with van der Waals surface area (Å²) in [5, 5.41) is 16.3. The van der Waals surface area contributed by atoms with Crippen LogP contribution in [0.1, 0.15) is 38.1 Å². The van der Waals surface area contributed by atoms with Crippen molar-refractivity contribution in [2.45, 2.75) is 43.8 Å². The van der Waals surface area contributed by atoms with Crippen molar-refractivity contribution in [3.8, 4) is 0 Å². The van der Waals surface area contributed by atoms with Gasteiger partial charge in [-0.25, -0.2) is 14.6 Å². The Bertz CT molecular complexity index is 593. The Hall–Kier alpha value is -1.70. The second-order valence-electron chi connectivity index (χ2n) is 4.73. The molecule has 108 valence electrons. The highest BCUT2D eigenvalue weighted by Crippen LogP contribution is 2.30. The summed E-state index contributed by atoms with van der Waals surface area (Å²) in [6.07, 6.45) is 0. The van der Waals surface area contributed by atoms with E-state index in [9.17, 15) is 0 Å². The van der Waals surface area contributed by atoms with Crippen molar-refractivity contribution in [1.29, 1.82) is 0 Å². The molecule has 2 rings (SSSR count). The molecular weight excluding hydrogens is 274 g/mol. The molecule has 2 aromatic heterocycles. The molecule has 0 aliphatic rings. The fourth-order valence-corrected chi connectivity index (χ4v) is 2.41. The summed E-state index contributed by atoms with van der Waals surface area (Å²) in [4.78, 5) is 9.21. The van der Waals surface area contributed by atoms with Crippen LogP contribution in [0.4, 0.5) is 5.82 Å². The third-order valence-electron chi connectivity index (χ3n) is 2.75. The van der Waals surface area contributed by atoms with E-state index in [1.807, 2.05) is 14.0 Å². The Labute approximate surface area is 122 Å². The van der Waals surface area contributed by atoms with Gasteiger partial charge in [0.2, 0.25) is 5.16 Å². The maximum absolute atomic E-state index is 4.63. The fraction of sp³-hybridized carbons (Fsp3) is 0.583. The van der Waals surface area contributed by atoms with Gasteiger partial charge >= 0.3 is 0 Å². The molecule has 0 saturated carbocycles. The quantitative estimate of drug-likeness (QED) is 0.844. The summed E-state index contributed by atoms with van der Waals surface area (Å²) in [6, 6.07) is 0. The number of aromatic nitrogens is 6. The summed E-state index contributed by atoms with van der Waals surface area (Å²) in [7, 11) is 1.81. The number of anilines is 1. The first-order chi connectivity index (χ1) is 9.52. The second-order valence-corrected chi connectivity index (χ2v) is 5.69. The minimum Gasteiger partial charge on any atom is -0.370 e. The Balaban J connectivity index is 2.42. The first kappa shape index (κ1) is 14.7. The maximum Gasteiger partial charge on any atom is 0.215 e. The summed E-state index contributed by atoms with van der Waals surface area (Å²) in [6.45, 7) is 9.05. The van der Waals surface area contributed by atoms with Gasteiger partial charge in [-0.15, -0.1) is 5.10 Å². The van der Waals surface area contributed by atoms with Gasteiger partial charge in [0.15, 0.2) is 0 Å². The molecule has 0 aliphatic heterocycles. The molecule has 2 heterocycles. The third-order valence-corrected chi connectivity index (χ3v) is 3.87. The molecular formula is C12H19N7S. The van der Waals surface area contributed by atoms with Crippen LogP contribution in [0.2, 0.25) is 0 Å². The van der Waals surface area contributed by atoms with E-state index in [0.717, 1.165) is 28.8 Å². The van der Waals surface area contributed by atoms with Crippen LogP contribution in [0.15, 0.2) is 10.2 Å². The standard InChI is InChI=1S/C12H19N7S/c1-6-13-10-8(4)11(15-9(14-10)7(2)3)20-12-16-17-18-19(12)5/h7H,6H2,1-5H3,(H,13,14,15). The van der Waals surface area contributed by atoms with Crippen LogP contribution in [-0.4, -0.2) is 36.7 Å². The Morgan fingerprint density at radius 2 is 2.05 bits per heavy atom. The predicted molar refractivity (Wildman–Crippen MR) is 77.9 cm³/mol. The highest BCUT2D eigenvalue weighted by Gasteiger charge is 2.16. The van der Waals surface area contributed by atoms with Crippen molar-refractivity contribution in [3.63, 3.8) is 0 Å². The normalized spacial score (nSPS) is 11.1. The molecule has 2 aromatic rings. The third kappa shape index (κ3) is 3.06. The Morgan fingerprint density at radius 3 is 2.60 bits per heavy atom. The molecule has 0 saturated heterocycles. The molecule has 7 nitrogen and oxygen atoms in total. The summed E-state index contributed by atoms with van der Waals surface area (Å²) >= 11 is 1.45. The zero-order chi connectivity index (χ0) is 14.7. The topological polar surface area (TPSA) is 81.4 Å². The molecule has 0 spiro atoms. The first-order valence-corrected chi connectivity index (χ1v) is 7.37. The van der Waals surface area contributed by atoms with Gasteiger partial charge in [-0.1, -0.05) is 13.8 Å². The second kappa shape index (κ2) is 6.17. The zero-order valence-electron chi connectivity index (χ0n) is 12.4. The van der Waals surface area contributed by atoms with Crippen LogP contribution in [0.3, 0.4) is 0 Å². The lowest BCUT2D eigenvalue weighted by molar-refractivity contribution is 0.663. The monoisotopic (exact) mass is 293 g/mol. The number of nitrogens with zero attached hydrogens (tertiary/aromatic N) is 6. The van der Waals surface area contributed by atoms with Crippen LogP contribution in [0.5, 0.6) is 0 Å². The SMILES string of the molecule is CCNc1nc(C(C)C)nc(Sc2nnnn2C)c1C. The highest BCUT2D eigenvalue weighted by atomic mass is 32.2. The van der Waals surface area contributed by atoms with Crippen LogP contribution in [0, 0.1) is 6.92 Å². The van der Waals surface area contributed by atoms with E-state index in [-0.39, 0.29) is 5.92 Å². The fourth-order valence-electron chi connectivity index (χ4n) is 1.60. The molecule has 0 aliphatic carbocycles. The molecule has 0 atom stereocenters. The Kier molecular flexibility index (Phi) is 4.53. The molecule has 0 aromatic carbocycles. The van der Waals surface area contributed by atoms with Crippen molar-refractivity contribution < 1.29 is 0 Å². The summed E-state index contributed by atoms with van der Waals surface area (Å²) in [5.41, 5.74) is 1.02. The molecule has 0 amide bonds. The highest BCUT2D eigenvalue weighted by molar-refractivity contribution is 7.99. The molecule has 0 unspecified atom stereocenters. The number of tetrazole rings is 1. The van der Waals surface area contributed by atoms with Crippen LogP contribution in [-0.2, 0) is 7.05 Å². The smallest absolute Gasteiger partial charge is 0.215 e. The lowest BCUT2D eigenvalue weighted by Gasteiger charge is -2.13. The van der Waals surface area contributed by atoms with E-state index in [2.05, 4.69) is 51.6 Å². The summed E-state index contributed by atoms with van der Waals surface area (Å²) in [5.74, 6) is 1.97. The Morgan fingerprint density at radius 1 is 1.30 bits per heavy atom. The van der Waals surface area contributed by atoms with E-state index in [4.69, 9.17) is 0 Å². The van der Waals surface area contributed by atoms with Crippen molar-refractivity contribution in [3.05, 3.63) is 11.4 Å². The van der Waals surface area contributed by atoms with Crippen molar-refractivity contribution in [2.24, 2.45) is 7.05 Å². The lowest BCUT2D eigenvalue weighted by atomic mass is 10.2. The average Bonchev–Trinajstić information content (AvgIpc) is 2.79. The van der Waals surface area contributed by atoms with Gasteiger partial charge < -0.3 is 5.32 Å². The average molecular weight is 293 g/mol. The summed E-state index contributed by atoms with van der Waals surface area (Å²) < 4.78 is 1.63. The van der Waals surface area contributed by atoms with Crippen molar-refractivity contribution in [1.82, 2.24) is 30.2 Å². The molecule has 8 heteroatoms. The van der Waals surface area contributed by atoms with E-state index in [1.54, 1.807) is 4.68 Å². The van der Waals surface area contributed by atoms with Crippen LogP contribution < -0.4 is 5.32 Å². The van der Waals surface area contributed by atoms with E-state index < -0.39 is 0 Å². The van der Waals surface area contributed by atoms with E-state index in [1.165, 1.54) is 11.8 Å². The minimum absolute atomic E-state index is 0.268. The van der Waals surface area contributed by atoms with Gasteiger partial charge in [0.25, 0.3) is 0 Å². The first-order valence-electron chi connectivity index (χ1n) is 6.55. The van der Waals surface area contributed by atoms with E-state index in [0.29, 0.717) is 5.16 Å². The lowest BCUT2D eigenvalue weighted by Crippen LogP contribution is -2.08. The number of aryl methyl sites for hydroxylation is 1. The van der Waals surface area contributed by atoms with Crippen molar-refractivity contribution >= 4 is 17.6 Å². The van der Waals surface area contributed by atoms with Gasteiger partial charge in [0, 0.05) is 25.1 Å². The van der Waals surface area contributed by atoms with Crippen LogP contribution in [0.25, 0.3) is 0 Å². The molecule has 0 radical (unpaired) electrons. The molecule has 20 heavy (non-hydrogen) atoms. The van der Waals surface area contributed by atoms with E-state index >= 15 is 0 Å². The van der Waals surface area contributed by atoms with Crippen LogP contribution >= 0.6 is 11.8 Å². The van der Waals surface area contributed by atoms with Gasteiger partial charge in [-0.2, -0.15) is 0 Å². The largest absolute Gasteiger partial charge is 0.370 e. The minimum atomic E-state index is 0.268.